The highest BCUT2D eigenvalue weighted by Gasteiger charge is 2.19. The smallest absolute Gasteiger partial charge is 0.330 e. The van der Waals surface area contributed by atoms with Crippen molar-refractivity contribution in [3.05, 3.63) is 86.6 Å². The Hall–Kier alpha value is -3.39. The predicted octanol–water partition coefficient (Wildman–Crippen LogP) is 3.12. The summed E-state index contributed by atoms with van der Waals surface area (Å²) >= 11 is 5.47. The topological polar surface area (TPSA) is 96.2 Å². The van der Waals surface area contributed by atoms with Crippen LogP contribution in [-0.4, -0.2) is 21.7 Å². The van der Waals surface area contributed by atoms with E-state index in [1.165, 1.54) is 15.0 Å². The van der Waals surface area contributed by atoms with Gasteiger partial charge in [0.2, 0.25) is 0 Å². The summed E-state index contributed by atoms with van der Waals surface area (Å²) < 4.78 is 1.32. The fourth-order valence-corrected chi connectivity index (χ4v) is 3.29. The van der Waals surface area contributed by atoms with Gasteiger partial charge in [0.15, 0.2) is 10.8 Å². The number of nitrogens with one attached hydrogen (secondary N) is 2. The third kappa shape index (κ3) is 4.60. The zero-order valence-electron chi connectivity index (χ0n) is 17.2. The van der Waals surface area contributed by atoms with Gasteiger partial charge in [-0.05, 0) is 41.4 Å². The highest BCUT2D eigenvalue weighted by Crippen LogP contribution is 2.20. The van der Waals surface area contributed by atoms with Crippen LogP contribution in [-0.2, 0) is 6.54 Å². The largest absolute Gasteiger partial charge is 0.383 e. The van der Waals surface area contributed by atoms with Crippen LogP contribution in [0.15, 0.2) is 64.2 Å². The van der Waals surface area contributed by atoms with Crippen molar-refractivity contribution in [2.45, 2.75) is 26.3 Å². The van der Waals surface area contributed by atoms with Crippen molar-refractivity contribution in [2.75, 3.05) is 23.0 Å². The van der Waals surface area contributed by atoms with Crippen LogP contribution in [0, 0.1) is 0 Å². The second-order valence-corrected chi connectivity index (χ2v) is 7.72. The summed E-state index contributed by atoms with van der Waals surface area (Å²) in [7, 11) is 1.64. The normalized spacial score (nSPS) is 10.8. The lowest BCUT2D eigenvalue weighted by Gasteiger charge is -2.23. The molecule has 3 aromatic rings. The molecule has 0 unspecified atom stereocenters. The molecule has 2 aromatic carbocycles. The molecule has 0 saturated heterocycles. The van der Waals surface area contributed by atoms with Crippen LogP contribution in [0.4, 0.5) is 17.2 Å². The molecule has 0 aliphatic heterocycles. The minimum atomic E-state index is -0.594. The summed E-state index contributed by atoms with van der Waals surface area (Å²) in [5, 5.41) is 3.39. The monoisotopic (exact) mass is 423 g/mol. The van der Waals surface area contributed by atoms with E-state index in [0.717, 1.165) is 11.3 Å². The van der Waals surface area contributed by atoms with Crippen LogP contribution in [0.1, 0.15) is 30.9 Å². The lowest BCUT2D eigenvalue weighted by Crippen LogP contribution is -2.40. The number of aromatic amines is 1. The van der Waals surface area contributed by atoms with Gasteiger partial charge in [-0.1, -0.05) is 56.3 Å². The van der Waals surface area contributed by atoms with Crippen LogP contribution < -0.4 is 27.2 Å². The fourth-order valence-electron chi connectivity index (χ4n) is 3.08. The Morgan fingerprint density at radius 1 is 1.13 bits per heavy atom. The summed E-state index contributed by atoms with van der Waals surface area (Å²) in [4.78, 5) is 28.7. The van der Waals surface area contributed by atoms with E-state index < -0.39 is 11.2 Å². The molecule has 1 heterocycles. The highest BCUT2D eigenvalue weighted by atomic mass is 32.1. The van der Waals surface area contributed by atoms with Gasteiger partial charge >= 0.3 is 5.69 Å². The minimum Gasteiger partial charge on any atom is -0.383 e. The summed E-state index contributed by atoms with van der Waals surface area (Å²) in [5.74, 6) is 0.479. The molecule has 0 saturated carbocycles. The summed E-state index contributed by atoms with van der Waals surface area (Å²) in [6.07, 6.45) is 0. The van der Waals surface area contributed by atoms with Crippen LogP contribution in [0.2, 0.25) is 0 Å². The third-order valence-electron chi connectivity index (χ3n) is 4.87. The average molecular weight is 424 g/mol. The number of aromatic nitrogens is 2. The molecule has 8 heteroatoms. The molecule has 0 radical (unpaired) electrons. The lowest BCUT2D eigenvalue weighted by atomic mass is 10.0. The average Bonchev–Trinajstić information content (AvgIpc) is 2.72. The SMILES string of the molecule is CC(C)c1ccc(NC(=S)N(C)c2c(N)n(Cc3ccccc3)c(=O)[nH]c2=O)cc1. The summed E-state index contributed by atoms with van der Waals surface area (Å²) in [6.45, 7) is 4.49. The van der Waals surface area contributed by atoms with Crippen molar-refractivity contribution in [3.63, 3.8) is 0 Å². The quantitative estimate of drug-likeness (QED) is 0.546. The number of nitrogens with two attached hydrogens (primary N) is 1. The van der Waals surface area contributed by atoms with Gasteiger partial charge < -0.3 is 16.0 Å². The van der Waals surface area contributed by atoms with Gasteiger partial charge in [-0.2, -0.15) is 0 Å². The zero-order valence-corrected chi connectivity index (χ0v) is 18.0. The van der Waals surface area contributed by atoms with Crippen molar-refractivity contribution in [1.82, 2.24) is 9.55 Å². The molecule has 3 rings (SSSR count). The standard InChI is InChI=1S/C22H25N5O2S/c1-14(2)16-9-11-17(12-10-16)24-22(30)26(3)18-19(23)27(21(29)25-20(18)28)13-15-7-5-4-6-8-15/h4-12,14H,13,23H2,1-3H3,(H,24,30)(H,25,28,29). The Kier molecular flexibility index (Phi) is 6.37. The Morgan fingerprint density at radius 2 is 1.77 bits per heavy atom. The molecule has 156 valence electrons. The number of anilines is 3. The Balaban J connectivity index is 1.88. The molecule has 0 amide bonds. The number of nitrogens with zero attached hydrogens (tertiary/aromatic N) is 2. The first-order chi connectivity index (χ1) is 14.3. The molecule has 0 atom stereocenters. The van der Waals surface area contributed by atoms with Crippen molar-refractivity contribution in [2.24, 2.45) is 0 Å². The fraction of sp³-hybridized carbons (Fsp3) is 0.227. The van der Waals surface area contributed by atoms with Crippen molar-refractivity contribution in [1.29, 1.82) is 0 Å². The molecule has 1 aromatic heterocycles. The van der Waals surface area contributed by atoms with E-state index in [2.05, 4.69) is 24.1 Å². The molecule has 7 nitrogen and oxygen atoms in total. The van der Waals surface area contributed by atoms with E-state index in [4.69, 9.17) is 18.0 Å². The number of nitrogen functional groups attached to an aromatic ring is 1. The van der Waals surface area contributed by atoms with E-state index in [9.17, 15) is 9.59 Å². The molecule has 0 fully saturated rings. The molecule has 30 heavy (non-hydrogen) atoms. The van der Waals surface area contributed by atoms with E-state index in [1.807, 2.05) is 54.6 Å². The highest BCUT2D eigenvalue weighted by molar-refractivity contribution is 7.80. The molecule has 0 aliphatic carbocycles. The first-order valence-corrected chi connectivity index (χ1v) is 10.00. The van der Waals surface area contributed by atoms with Gasteiger partial charge in [0.05, 0.1) is 6.54 Å². The summed E-state index contributed by atoms with van der Waals surface area (Å²) in [5.41, 5.74) is 8.08. The third-order valence-corrected chi connectivity index (χ3v) is 5.24. The number of benzene rings is 2. The van der Waals surface area contributed by atoms with Gasteiger partial charge in [-0.3, -0.25) is 14.3 Å². The molecule has 4 N–H and O–H groups in total. The minimum absolute atomic E-state index is 0.0504. The zero-order chi connectivity index (χ0) is 21.8. The molecular weight excluding hydrogens is 398 g/mol. The second kappa shape index (κ2) is 8.96. The molecule has 0 aliphatic rings. The van der Waals surface area contributed by atoms with Gasteiger partial charge in [-0.25, -0.2) is 4.79 Å². The van der Waals surface area contributed by atoms with E-state index in [1.54, 1.807) is 7.05 Å². The van der Waals surface area contributed by atoms with Crippen molar-refractivity contribution < 1.29 is 0 Å². The first-order valence-electron chi connectivity index (χ1n) is 9.59. The number of thiocarbonyl (C=S) groups is 1. The Morgan fingerprint density at radius 3 is 2.37 bits per heavy atom. The number of rotatable bonds is 5. The van der Waals surface area contributed by atoms with E-state index >= 15 is 0 Å². The predicted molar refractivity (Wildman–Crippen MR) is 126 cm³/mol. The maximum absolute atomic E-state index is 12.5. The molecule has 0 bridgehead atoms. The Labute approximate surface area is 180 Å². The van der Waals surface area contributed by atoms with Crippen LogP contribution >= 0.6 is 12.2 Å². The number of hydrogen-bond acceptors (Lipinski definition) is 4. The van der Waals surface area contributed by atoms with Crippen LogP contribution in [0.25, 0.3) is 0 Å². The van der Waals surface area contributed by atoms with Gasteiger partial charge in [0.25, 0.3) is 5.56 Å². The van der Waals surface area contributed by atoms with Gasteiger partial charge in [-0.15, -0.1) is 0 Å². The van der Waals surface area contributed by atoms with Crippen molar-refractivity contribution >= 4 is 34.5 Å². The van der Waals surface area contributed by atoms with Gasteiger partial charge in [0, 0.05) is 12.7 Å². The van der Waals surface area contributed by atoms with Crippen LogP contribution in [0.5, 0.6) is 0 Å². The van der Waals surface area contributed by atoms with Crippen LogP contribution in [0.3, 0.4) is 0 Å². The van der Waals surface area contributed by atoms with E-state index in [0.29, 0.717) is 5.92 Å². The number of H-pyrrole nitrogens is 1. The van der Waals surface area contributed by atoms with Crippen molar-refractivity contribution in [3.8, 4) is 0 Å². The maximum atomic E-state index is 12.5. The molecular formula is C22H25N5O2S. The number of hydrogen-bond donors (Lipinski definition) is 3. The lowest BCUT2D eigenvalue weighted by molar-refractivity contribution is 0.732. The Bertz CT molecular complexity index is 1150. The summed E-state index contributed by atoms with van der Waals surface area (Å²) in [6, 6.07) is 17.3. The second-order valence-electron chi connectivity index (χ2n) is 7.33. The molecule has 0 spiro atoms. The van der Waals surface area contributed by atoms with E-state index in [-0.39, 0.29) is 23.2 Å². The van der Waals surface area contributed by atoms with Gasteiger partial charge in [0.1, 0.15) is 5.82 Å². The first kappa shape index (κ1) is 21.3. The maximum Gasteiger partial charge on any atom is 0.330 e.